The molecule has 1 heterocycles. The minimum absolute atomic E-state index is 0.0468. The molecule has 0 atom stereocenters. The lowest BCUT2D eigenvalue weighted by Crippen LogP contribution is -2.29. The topological polar surface area (TPSA) is 42.0 Å². The van der Waals surface area contributed by atoms with Gasteiger partial charge in [-0.25, -0.2) is 4.98 Å². The minimum atomic E-state index is -0.0468. The molecule has 18 heavy (non-hydrogen) atoms. The summed E-state index contributed by atoms with van der Waals surface area (Å²) in [7, 11) is 0. The van der Waals surface area contributed by atoms with Crippen LogP contribution in [0.3, 0.4) is 0 Å². The molecule has 1 aromatic heterocycles. The Bertz CT molecular complexity index is 546. The average Bonchev–Trinajstić information content (AvgIpc) is 2.72. The van der Waals surface area contributed by atoms with E-state index in [1.165, 1.54) is 11.3 Å². The van der Waals surface area contributed by atoms with Gasteiger partial charge in [-0.05, 0) is 20.8 Å². The molecule has 0 aliphatic rings. The van der Waals surface area contributed by atoms with Gasteiger partial charge in [-0.3, -0.25) is 4.79 Å². The zero-order chi connectivity index (χ0) is 13.1. The predicted molar refractivity (Wildman–Crippen MR) is 74.9 cm³/mol. The number of rotatable bonds is 3. The lowest BCUT2D eigenvalue weighted by atomic mass is 10.1. The molecule has 1 amide bonds. The number of carbonyl (C=O) groups excluding carboxylic acids is 1. The third-order valence-corrected chi connectivity index (χ3v) is 3.38. The van der Waals surface area contributed by atoms with Crippen LogP contribution in [-0.2, 0) is 0 Å². The normalized spacial score (nSPS) is 10.7. The first kappa shape index (κ1) is 12.8. The van der Waals surface area contributed by atoms with Crippen LogP contribution in [0.2, 0.25) is 0 Å². The van der Waals surface area contributed by atoms with Crippen molar-refractivity contribution in [1.29, 1.82) is 0 Å². The SMILES string of the molecule is Cc1nc(-c2ccccc2)c(C(=O)NC(C)C)s1. The van der Waals surface area contributed by atoms with Crippen LogP contribution in [0.1, 0.15) is 28.5 Å². The number of nitrogens with zero attached hydrogens (tertiary/aromatic N) is 1. The largest absolute Gasteiger partial charge is 0.349 e. The van der Waals surface area contributed by atoms with Crippen molar-refractivity contribution in [2.45, 2.75) is 26.8 Å². The van der Waals surface area contributed by atoms with E-state index in [1.54, 1.807) is 0 Å². The quantitative estimate of drug-likeness (QED) is 0.920. The molecule has 0 bridgehead atoms. The molecule has 0 aliphatic carbocycles. The highest BCUT2D eigenvalue weighted by molar-refractivity contribution is 7.14. The fraction of sp³-hybridized carbons (Fsp3) is 0.286. The Labute approximate surface area is 111 Å². The Morgan fingerprint density at radius 3 is 2.56 bits per heavy atom. The molecule has 1 N–H and O–H groups in total. The number of nitrogens with one attached hydrogen (secondary N) is 1. The molecule has 2 aromatic rings. The van der Waals surface area contributed by atoms with E-state index >= 15 is 0 Å². The smallest absolute Gasteiger partial charge is 0.263 e. The van der Waals surface area contributed by atoms with Crippen molar-refractivity contribution in [3.05, 3.63) is 40.2 Å². The van der Waals surface area contributed by atoms with Crippen LogP contribution < -0.4 is 5.32 Å². The molecule has 1 aromatic carbocycles. The summed E-state index contributed by atoms with van der Waals surface area (Å²) in [6, 6.07) is 9.93. The molecule has 0 saturated carbocycles. The van der Waals surface area contributed by atoms with Gasteiger partial charge in [-0.15, -0.1) is 11.3 Å². The van der Waals surface area contributed by atoms with Gasteiger partial charge >= 0.3 is 0 Å². The number of aryl methyl sites for hydroxylation is 1. The summed E-state index contributed by atoms with van der Waals surface area (Å²) in [5.41, 5.74) is 1.76. The maximum Gasteiger partial charge on any atom is 0.263 e. The maximum absolute atomic E-state index is 12.1. The van der Waals surface area contributed by atoms with Crippen LogP contribution in [0.25, 0.3) is 11.3 Å². The van der Waals surface area contributed by atoms with E-state index < -0.39 is 0 Å². The second-order valence-electron chi connectivity index (χ2n) is 4.40. The van der Waals surface area contributed by atoms with Gasteiger partial charge in [0, 0.05) is 11.6 Å². The number of amides is 1. The fourth-order valence-corrected chi connectivity index (χ4v) is 2.54. The summed E-state index contributed by atoms with van der Waals surface area (Å²) in [6.45, 7) is 5.82. The van der Waals surface area contributed by atoms with Crippen molar-refractivity contribution in [3.63, 3.8) is 0 Å². The summed E-state index contributed by atoms with van der Waals surface area (Å²) in [4.78, 5) is 17.3. The first-order valence-electron chi connectivity index (χ1n) is 5.91. The van der Waals surface area contributed by atoms with Crippen LogP contribution in [-0.4, -0.2) is 16.9 Å². The van der Waals surface area contributed by atoms with Crippen molar-refractivity contribution in [2.24, 2.45) is 0 Å². The number of benzene rings is 1. The molecule has 4 heteroatoms. The molecular formula is C14H16N2OS. The van der Waals surface area contributed by atoms with Crippen molar-refractivity contribution in [1.82, 2.24) is 10.3 Å². The third-order valence-electron chi connectivity index (χ3n) is 2.41. The van der Waals surface area contributed by atoms with Gasteiger partial charge in [0.15, 0.2) is 0 Å². The summed E-state index contributed by atoms with van der Waals surface area (Å²) < 4.78 is 0. The molecule has 0 fully saturated rings. The first-order chi connectivity index (χ1) is 8.58. The Morgan fingerprint density at radius 1 is 1.28 bits per heavy atom. The summed E-state index contributed by atoms with van der Waals surface area (Å²) in [6.07, 6.45) is 0. The van der Waals surface area contributed by atoms with E-state index in [-0.39, 0.29) is 11.9 Å². The van der Waals surface area contributed by atoms with Crippen molar-refractivity contribution >= 4 is 17.2 Å². The standard InChI is InChI=1S/C14H16N2OS/c1-9(2)15-14(17)13-12(16-10(3)18-13)11-7-5-4-6-8-11/h4-9H,1-3H3,(H,15,17). The summed E-state index contributed by atoms with van der Waals surface area (Å²) in [5, 5.41) is 3.82. The molecule has 0 radical (unpaired) electrons. The Hall–Kier alpha value is -1.68. The fourth-order valence-electron chi connectivity index (χ4n) is 1.70. The van der Waals surface area contributed by atoms with Gasteiger partial charge < -0.3 is 5.32 Å². The van der Waals surface area contributed by atoms with Crippen LogP contribution in [0.5, 0.6) is 0 Å². The summed E-state index contributed by atoms with van der Waals surface area (Å²) >= 11 is 1.44. The molecule has 0 aliphatic heterocycles. The monoisotopic (exact) mass is 260 g/mol. The van der Waals surface area contributed by atoms with Gasteiger partial charge in [0.05, 0.1) is 10.7 Å². The van der Waals surface area contributed by atoms with Crippen molar-refractivity contribution < 1.29 is 4.79 Å². The first-order valence-corrected chi connectivity index (χ1v) is 6.73. The molecular weight excluding hydrogens is 244 g/mol. The number of hydrogen-bond acceptors (Lipinski definition) is 3. The zero-order valence-corrected chi connectivity index (χ0v) is 11.5. The van der Waals surface area contributed by atoms with Gasteiger partial charge in [-0.1, -0.05) is 30.3 Å². The van der Waals surface area contributed by atoms with E-state index in [0.29, 0.717) is 4.88 Å². The third kappa shape index (κ3) is 2.76. The van der Waals surface area contributed by atoms with Gasteiger partial charge in [0.25, 0.3) is 5.91 Å². The van der Waals surface area contributed by atoms with Gasteiger partial charge in [0.1, 0.15) is 4.88 Å². The van der Waals surface area contributed by atoms with E-state index in [4.69, 9.17) is 0 Å². The van der Waals surface area contributed by atoms with E-state index in [1.807, 2.05) is 51.1 Å². The van der Waals surface area contributed by atoms with Gasteiger partial charge in [-0.2, -0.15) is 0 Å². The van der Waals surface area contributed by atoms with Crippen LogP contribution >= 0.6 is 11.3 Å². The van der Waals surface area contributed by atoms with E-state index in [9.17, 15) is 4.79 Å². The van der Waals surface area contributed by atoms with Crippen LogP contribution in [0.15, 0.2) is 30.3 Å². The van der Waals surface area contributed by atoms with Gasteiger partial charge in [0.2, 0.25) is 0 Å². The molecule has 3 nitrogen and oxygen atoms in total. The van der Waals surface area contributed by atoms with Crippen LogP contribution in [0.4, 0.5) is 0 Å². The second kappa shape index (κ2) is 5.31. The lowest BCUT2D eigenvalue weighted by Gasteiger charge is -2.07. The number of carbonyl (C=O) groups is 1. The number of aromatic nitrogens is 1. The average molecular weight is 260 g/mol. The van der Waals surface area contributed by atoms with E-state index in [0.717, 1.165) is 16.3 Å². The highest BCUT2D eigenvalue weighted by atomic mass is 32.1. The van der Waals surface area contributed by atoms with E-state index in [2.05, 4.69) is 10.3 Å². The zero-order valence-electron chi connectivity index (χ0n) is 10.7. The van der Waals surface area contributed by atoms with Crippen LogP contribution in [0, 0.1) is 6.92 Å². The molecule has 94 valence electrons. The summed E-state index contributed by atoms with van der Waals surface area (Å²) in [5.74, 6) is -0.0468. The van der Waals surface area contributed by atoms with Crippen molar-refractivity contribution in [2.75, 3.05) is 0 Å². The molecule has 0 saturated heterocycles. The Balaban J connectivity index is 2.40. The Morgan fingerprint density at radius 2 is 1.94 bits per heavy atom. The molecule has 0 unspecified atom stereocenters. The predicted octanol–water partition coefficient (Wildman–Crippen LogP) is 3.26. The minimum Gasteiger partial charge on any atom is -0.349 e. The highest BCUT2D eigenvalue weighted by Gasteiger charge is 2.18. The Kier molecular flexibility index (Phi) is 3.77. The molecule has 2 rings (SSSR count). The van der Waals surface area contributed by atoms with Crippen molar-refractivity contribution in [3.8, 4) is 11.3 Å². The number of thiazole rings is 1. The maximum atomic E-state index is 12.1. The molecule has 0 spiro atoms. The number of hydrogen-bond donors (Lipinski definition) is 1. The highest BCUT2D eigenvalue weighted by Crippen LogP contribution is 2.27. The second-order valence-corrected chi connectivity index (χ2v) is 5.61. The lowest BCUT2D eigenvalue weighted by molar-refractivity contribution is 0.0947.